The van der Waals surface area contributed by atoms with Crippen LogP contribution < -0.4 is 10.5 Å². The highest BCUT2D eigenvalue weighted by Gasteiger charge is 2.20. The SMILES string of the molecule is CCn1c(=O)oc2cc(S(=O)(=O)N[C@@H](C)c3ccc(SC)cc3)ccc21. The van der Waals surface area contributed by atoms with Crippen LogP contribution in [0.4, 0.5) is 0 Å². The molecule has 1 atom stereocenters. The Morgan fingerprint density at radius 2 is 1.88 bits per heavy atom. The molecule has 138 valence electrons. The normalized spacial score (nSPS) is 13.2. The summed E-state index contributed by atoms with van der Waals surface area (Å²) < 4.78 is 34.7. The van der Waals surface area contributed by atoms with Gasteiger partial charge in [0.05, 0.1) is 10.4 Å². The molecule has 0 spiro atoms. The Kier molecular flexibility index (Phi) is 5.27. The number of aromatic nitrogens is 1. The second-order valence-electron chi connectivity index (χ2n) is 5.86. The van der Waals surface area contributed by atoms with Gasteiger partial charge in [-0.05, 0) is 49.9 Å². The lowest BCUT2D eigenvalue weighted by Crippen LogP contribution is -2.26. The van der Waals surface area contributed by atoms with Gasteiger partial charge in [-0.15, -0.1) is 11.8 Å². The second-order valence-corrected chi connectivity index (χ2v) is 8.45. The predicted molar refractivity (Wildman–Crippen MR) is 103 cm³/mol. The Morgan fingerprint density at radius 3 is 2.50 bits per heavy atom. The van der Waals surface area contributed by atoms with E-state index in [0.717, 1.165) is 10.5 Å². The van der Waals surface area contributed by atoms with Gasteiger partial charge in [0.25, 0.3) is 0 Å². The van der Waals surface area contributed by atoms with Crippen molar-refractivity contribution in [1.82, 2.24) is 9.29 Å². The van der Waals surface area contributed by atoms with Crippen LogP contribution in [0.1, 0.15) is 25.5 Å². The fraction of sp³-hybridized carbons (Fsp3) is 0.278. The average molecular weight is 393 g/mol. The second kappa shape index (κ2) is 7.30. The van der Waals surface area contributed by atoms with Crippen LogP contribution in [0.3, 0.4) is 0 Å². The Labute approximate surface area is 156 Å². The third-order valence-corrected chi connectivity index (χ3v) is 6.50. The van der Waals surface area contributed by atoms with E-state index < -0.39 is 15.8 Å². The monoisotopic (exact) mass is 392 g/mol. The van der Waals surface area contributed by atoms with Gasteiger partial charge in [0, 0.05) is 23.5 Å². The van der Waals surface area contributed by atoms with Crippen LogP contribution >= 0.6 is 11.8 Å². The predicted octanol–water partition coefficient (Wildman–Crippen LogP) is 3.38. The zero-order chi connectivity index (χ0) is 18.9. The molecule has 1 heterocycles. The Hall–Kier alpha value is -2.03. The van der Waals surface area contributed by atoms with Crippen molar-refractivity contribution in [2.75, 3.05) is 6.26 Å². The molecule has 3 rings (SSSR count). The molecule has 0 aliphatic carbocycles. The molecule has 0 amide bonds. The largest absolute Gasteiger partial charge is 0.419 e. The smallest absolute Gasteiger partial charge is 0.408 e. The first-order valence-corrected chi connectivity index (χ1v) is 10.9. The highest BCUT2D eigenvalue weighted by atomic mass is 32.2. The minimum absolute atomic E-state index is 0.0644. The number of nitrogens with zero attached hydrogens (tertiary/aromatic N) is 1. The number of oxazole rings is 1. The number of hydrogen-bond acceptors (Lipinski definition) is 5. The van der Waals surface area contributed by atoms with Gasteiger partial charge in [-0.3, -0.25) is 4.57 Å². The molecule has 2 aromatic carbocycles. The van der Waals surface area contributed by atoms with E-state index >= 15 is 0 Å². The van der Waals surface area contributed by atoms with Crippen LogP contribution in [0.15, 0.2) is 61.5 Å². The molecule has 0 saturated heterocycles. The van der Waals surface area contributed by atoms with Crippen molar-refractivity contribution < 1.29 is 12.8 Å². The topological polar surface area (TPSA) is 81.3 Å². The highest BCUT2D eigenvalue weighted by molar-refractivity contribution is 7.98. The van der Waals surface area contributed by atoms with E-state index in [2.05, 4.69) is 4.72 Å². The summed E-state index contributed by atoms with van der Waals surface area (Å²) in [6.07, 6.45) is 1.99. The molecule has 6 nitrogen and oxygen atoms in total. The summed E-state index contributed by atoms with van der Waals surface area (Å²) in [5.74, 6) is -0.493. The first kappa shape index (κ1) is 18.8. The molecule has 8 heteroatoms. The van der Waals surface area contributed by atoms with E-state index in [4.69, 9.17) is 4.42 Å². The van der Waals surface area contributed by atoms with Crippen molar-refractivity contribution in [2.45, 2.75) is 36.2 Å². The molecule has 0 bridgehead atoms. The number of fused-ring (bicyclic) bond motifs is 1. The van der Waals surface area contributed by atoms with Gasteiger partial charge in [-0.25, -0.2) is 17.9 Å². The summed E-state index contributed by atoms with van der Waals surface area (Å²) in [6.45, 7) is 4.07. The number of thioether (sulfide) groups is 1. The summed E-state index contributed by atoms with van der Waals surface area (Å²) >= 11 is 1.63. The van der Waals surface area contributed by atoms with E-state index in [1.54, 1.807) is 24.8 Å². The number of hydrogen-bond donors (Lipinski definition) is 1. The maximum absolute atomic E-state index is 12.7. The quantitative estimate of drug-likeness (QED) is 0.651. The van der Waals surface area contributed by atoms with Crippen molar-refractivity contribution in [3.63, 3.8) is 0 Å². The fourth-order valence-electron chi connectivity index (χ4n) is 2.77. The van der Waals surface area contributed by atoms with Gasteiger partial charge in [-0.2, -0.15) is 0 Å². The molecule has 26 heavy (non-hydrogen) atoms. The van der Waals surface area contributed by atoms with Crippen molar-refractivity contribution >= 4 is 32.9 Å². The van der Waals surface area contributed by atoms with E-state index in [1.165, 1.54) is 16.7 Å². The van der Waals surface area contributed by atoms with Crippen LogP contribution in [-0.2, 0) is 16.6 Å². The molecule has 0 aliphatic heterocycles. The van der Waals surface area contributed by atoms with Gasteiger partial charge in [-0.1, -0.05) is 12.1 Å². The molecule has 0 fully saturated rings. The Bertz CT molecular complexity index is 1080. The van der Waals surface area contributed by atoms with Crippen molar-refractivity contribution in [1.29, 1.82) is 0 Å². The van der Waals surface area contributed by atoms with Crippen molar-refractivity contribution in [2.24, 2.45) is 0 Å². The molecule has 0 radical (unpaired) electrons. The van der Waals surface area contributed by atoms with Crippen LogP contribution in [0.5, 0.6) is 0 Å². The number of rotatable bonds is 6. The maximum atomic E-state index is 12.7. The summed E-state index contributed by atoms with van der Waals surface area (Å²) in [5, 5.41) is 0. The van der Waals surface area contributed by atoms with Gasteiger partial charge in [0.2, 0.25) is 10.0 Å². The van der Waals surface area contributed by atoms with E-state index in [0.29, 0.717) is 12.1 Å². The number of aryl methyl sites for hydroxylation is 1. The standard InChI is InChI=1S/C18H20N2O4S2/c1-4-20-16-10-9-15(11-17(16)24-18(20)21)26(22,23)19-12(2)13-5-7-14(25-3)8-6-13/h5-12,19H,4H2,1-3H3/t12-/m0/s1. The number of nitrogens with one attached hydrogen (secondary N) is 1. The van der Waals surface area contributed by atoms with Crippen molar-refractivity contribution in [3.05, 3.63) is 58.6 Å². The summed E-state index contributed by atoms with van der Waals surface area (Å²) in [5.41, 5.74) is 1.71. The van der Waals surface area contributed by atoms with E-state index in [9.17, 15) is 13.2 Å². The molecule has 3 aromatic rings. The average Bonchev–Trinajstić information content (AvgIpc) is 2.95. The number of benzene rings is 2. The van der Waals surface area contributed by atoms with Gasteiger partial charge in [0.15, 0.2) is 5.58 Å². The molecule has 0 unspecified atom stereocenters. The highest BCUT2D eigenvalue weighted by Crippen LogP contribution is 2.23. The molecule has 1 aromatic heterocycles. The van der Waals surface area contributed by atoms with Gasteiger partial charge >= 0.3 is 5.76 Å². The summed E-state index contributed by atoms with van der Waals surface area (Å²) in [4.78, 5) is 13.0. The minimum atomic E-state index is -3.75. The van der Waals surface area contributed by atoms with Crippen LogP contribution in [0.2, 0.25) is 0 Å². The lowest BCUT2D eigenvalue weighted by molar-refractivity contribution is 0.512. The van der Waals surface area contributed by atoms with Gasteiger partial charge < -0.3 is 4.42 Å². The summed E-state index contributed by atoms with van der Waals surface area (Å²) in [7, 11) is -3.75. The third kappa shape index (κ3) is 3.58. The maximum Gasteiger partial charge on any atom is 0.419 e. The van der Waals surface area contributed by atoms with Gasteiger partial charge in [0.1, 0.15) is 0 Å². The minimum Gasteiger partial charge on any atom is -0.408 e. The lowest BCUT2D eigenvalue weighted by Gasteiger charge is -2.15. The zero-order valence-corrected chi connectivity index (χ0v) is 16.4. The molecule has 0 aliphatic rings. The Balaban J connectivity index is 1.89. The lowest BCUT2D eigenvalue weighted by atomic mass is 10.1. The first-order chi connectivity index (χ1) is 12.4. The molecular formula is C18H20N2O4S2. The Morgan fingerprint density at radius 1 is 1.19 bits per heavy atom. The fourth-order valence-corrected chi connectivity index (χ4v) is 4.43. The zero-order valence-electron chi connectivity index (χ0n) is 14.7. The van der Waals surface area contributed by atoms with E-state index in [1.807, 2.05) is 37.4 Å². The molecule has 0 saturated carbocycles. The first-order valence-electron chi connectivity index (χ1n) is 8.15. The summed E-state index contributed by atoms with van der Waals surface area (Å²) in [6, 6.07) is 11.8. The van der Waals surface area contributed by atoms with Crippen LogP contribution in [0, 0.1) is 0 Å². The third-order valence-electron chi connectivity index (χ3n) is 4.21. The number of sulfonamides is 1. The molecule has 1 N–H and O–H groups in total. The molecular weight excluding hydrogens is 372 g/mol. The van der Waals surface area contributed by atoms with Crippen LogP contribution in [0.25, 0.3) is 11.1 Å². The van der Waals surface area contributed by atoms with E-state index in [-0.39, 0.29) is 16.5 Å². The van der Waals surface area contributed by atoms with Crippen molar-refractivity contribution in [3.8, 4) is 0 Å². The van der Waals surface area contributed by atoms with Crippen LogP contribution in [-0.4, -0.2) is 19.2 Å².